The number of nitrogens with zero attached hydrogens (tertiary/aromatic N) is 2. The first-order chi connectivity index (χ1) is 19.4. The van der Waals surface area contributed by atoms with Crippen LogP contribution in [0.25, 0.3) is 49.3 Å². The number of rotatable bonds is 4. The number of aromatic amines is 1. The first-order valence-electron chi connectivity index (χ1n) is 13.3. The van der Waals surface area contributed by atoms with Gasteiger partial charge in [0.25, 0.3) is 0 Å². The molecule has 0 spiro atoms. The van der Waals surface area contributed by atoms with Crippen LogP contribution in [0.2, 0.25) is 0 Å². The summed E-state index contributed by atoms with van der Waals surface area (Å²) in [5.74, 6) is 0. The fourth-order valence-electron chi connectivity index (χ4n) is 6.07. The lowest BCUT2D eigenvalue weighted by atomic mass is 10.0. The van der Waals surface area contributed by atoms with Crippen molar-refractivity contribution in [1.29, 1.82) is 0 Å². The summed E-state index contributed by atoms with van der Waals surface area (Å²) >= 11 is 0. The van der Waals surface area contributed by atoms with Crippen LogP contribution in [0, 0.1) is 0 Å². The monoisotopic (exact) mass is 499 g/mol. The summed E-state index contributed by atoms with van der Waals surface area (Å²) < 4.78 is 2.40. The van der Waals surface area contributed by atoms with E-state index in [2.05, 4.69) is 160 Å². The Labute approximate surface area is 226 Å². The van der Waals surface area contributed by atoms with E-state index in [9.17, 15) is 0 Å². The highest BCUT2D eigenvalue weighted by Crippen LogP contribution is 2.46. The second-order valence-electron chi connectivity index (χ2n) is 9.90. The maximum atomic E-state index is 3.79. The zero-order valence-corrected chi connectivity index (χ0v) is 21.3. The molecular weight excluding hydrogens is 474 g/mol. The van der Waals surface area contributed by atoms with Gasteiger partial charge in [-0.3, -0.25) is 0 Å². The van der Waals surface area contributed by atoms with Gasteiger partial charge in [-0.2, -0.15) is 0 Å². The fraction of sp³-hybridized carbons (Fsp3) is 0. The van der Waals surface area contributed by atoms with Gasteiger partial charge in [-0.25, -0.2) is 0 Å². The molecule has 0 saturated heterocycles. The smallest absolute Gasteiger partial charge is 0.0567 e. The van der Waals surface area contributed by atoms with Crippen LogP contribution in [0.5, 0.6) is 0 Å². The molecule has 3 nitrogen and oxygen atoms in total. The summed E-state index contributed by atoms with van der Waals surface area (Å²) in [5, 5.41) is 4.94. The molecule has 39 heavy (non-hydrogen) atoms. The van der Waals surface area contributed by atoms with Gasteiger partial charge in [-0.15, -0.1) is 0 Å². The second kappa shape index (κ2) is 8.64. The average molecular weight is 500 g/mol. The van der Waals surface area contributed by atoms with E-state index in [-0.39, 0.29) is 0 Å². The maximum Gasteiger partial charge on any atom is 0.0567 e. The minimum Gasteiger partial charge on any atom is -0.354 e. The van der Waals surface area contributed by atoms with E-state index < -0.39 is 0 Å². The number of hydrogen-bond donors (Lipinski definition) is 1. The van der Waals surface area contributed by atoms with E-state index >= 15 is 0 Å². The van der Waals surface area contributed by atoms with E-state index in [0.29, 0.717) is 0 Å². The Morgan fingerprint density at radius 2 is 1.08 bits per heavy atom. The first-order valence-corrected chi connectivity index (χ1v) is 13.3. The van der Waals surface area contributed by atoms with Crippen molar-refractivity contribution in [3.8, 4) is 5.69 Å². The molecule has 0 radical (unpaired) electrons. The van der Waals surface area contributed by atoms with Crippen molar-refractivity contribution >= 4 is 60.7 Å². The molecule has 0 atom stereocenters. The standard InChI is InChI=1S/C36H25N3/c1-4-13-25(14-5-1)38(26-15-6-2-7-16-26)31-21-12-22-32-34(31)35-33(39(32)27-17-8-3-9-18-27)24-23-29-28-19-10-11-20-30(28)37-36(29)35/h1-24,37H. The lowest BCUT2D eigenvalue weighted by molar-refractivity contribution is 1.18. The number of hydrogen-bond acceptors (Lipinski definition) is 1. The van der Waals surface area contributed by atoms with E-state index in [1.54, 1.807) is 0 Å². The van der Waals surface area contributed by atoms with Gasteiger partial charge in [0.15, 0.2) is 0 Å². The van der Waals surface area contributed by atoms with Crippen molar-refractivity contribution in [2.75, 3.05) is 4.90 Å². The molecule has 6 aromatic carbocycles. The van der Waals surface area contributed by atoms with Gasteiger partial charge in [0.05, 0.1) is 22.2 Å². The Hall–Kier alpha value is -5.28. The van der Waals surface area contributed by atoms with Crippen molar-refractivity contribution < 1.29 is 0 Å². The molecule has 184 valence electrons. The van der Waals surface area contributed by atoms with Crippen molar-refractivity contribution in [3.63, 3.8) is 0 Å². The summed E-state index contributed by atoms with van der Waals surface area (Å²) in [6.07, 6.45) is 0. The Bertz CT molecular complexity index is 2060. The van der Waals surface area contributed by atoms with Crippen LogP contribution in [-0.4, -0.2) is 9.55 Å². The summed E-state index contributed by atoms with van der Waals surface area (Å²) in [5.41, 5.74) is 9.23. The van der Waals surface area contributed by atoms with Gasteiger partial charge < -0.3 is 14.5 Å². The molecule has 8 aromatic rings. The van der Waals surface area contributed by atoms with Gasteiger partial charge in [0.1, 0.15) is 0 Å². The van der Waals surface area contributed by atoms with E-state index in [1.165, 1.54) is 38.1 Å². The Morgan fingerprint density at radius 1 is 0.462 bits per heavy atom. The molecule has 2 aromatic heterocycles. The molecule has 0 unspecified atom stereocenters. The van der Waals surface area contributed by atoms with Crippen molar-refractivity contribution in [2.45, 2.75) is 0 Å². The molecule has 0 fully saturated rings. The lowest BCUT2D eigenvalue weighted by Crippen LogP contribution is -2.10. The largest absolute Gasteiger partial charge is 0.354 e. The molecule has 3 heteroatoms. The molecular formula is C36H25N3. The Morgan fingerprint density at radius 3 is 1.79 bits per heavy atom. The quantitative estimate of drug-likeness (QED) is 0.256. The minimum absolute atomic E-state index is 1.13. The summed E-state index contributed by atoms with van der Waals surface area (Å²) in [4.78, 5) is 6.17. The highest BCUT2D eigenvalue weighted by atomic mass is 15.1. The van der Waals surface area contributed by atoms with Crippen LogP contribution >= 0.6 is 0 Å². The third-order valence-corrected chi connectivity index (χ3v) is 7.70. The highest BCUT2D eigenvalue weighted by molar-refractivity contribution is 6.28. The minimum atomic E-state index is 1.13. The predicted octanol–water partition coefficient (Wildman–Crippen LogP) is 9.89. The fourth-order valence-corrected chi connectivity index (χ4v) is 6.07. The molecule has 0 saturated carbocycles. The third kappa shape index (κ3) is 3.30. The molecule has 1 N–H and O–H groups in total. The van der Waals surface area contributed by atoms with Crippen LogP contribution in [0.1, 0.15) is 0 Å². The van der Waals surface area contributed by atoms with Crippen LogP contribution in [0.3, 0.4) is 0 Å². The van der Waals surface area contributed by atoms with E-state index in [0.717, 1.165) is 28.3 Å². The number of fused-ring (bicyclic) bond motifs is 7. The first kappa shape index (κ1) is 21.8. The van der Waals surface area contributed by atoms with Crippen LogP contribution in [0.15, 0.2) is 146 Å². The van der Waals surface area contributed by atoms with Gasteiger partial charge in [-0.05, 0) is 60.7 Å². The number of anilines is 3. The number of H-pyrrole nitrogens is 1. The van der Waals surface area contributed by atoms with Crippen LogP contribution in [0.4, 0.5) is 17.1 Å². The third-order valence-electron chi connectivity index (χ3n) is 7.70. The van der Waals surface area contributed by atoms with Gasteiger partial charge in [0, 0.05) is 44.1 Å². The van der Waals surface area contributed by atoms with Gasteiger partial charge >= 0.3 is 0 Å². The molecule has 8 rings (SSSR count). The van der Waals surface area contributed by atoms with E-state index in [1.807, 2.05) is 0 Å². The van der Waals surface area contributed by atoms with Crippen LogP contribution < -0.4 is 4.90 Å². The normalized spacial score (nSPS) is 11.6. The molecule has 0 aliphatic rings. The van der Waals surface area contributed by atoms with Crippen molar-refractivity contribution in [3.05, 3.63) is 146 Å². The predicted molar refractivity (Wildman–Crippen MR) is 165 cm³/mol. The lowest BCUT2D eigenvalue weighted by Gasteiger charge is -2.26. The number of nitrogens with one attached hydrogen (secondary N) is 1. The summed E-state index contributed by atoms with van der Waals surface area (Å²) in [6.45, 7) is 0. The number of aromatic nitrogens is 2. The van der Waals surface area contributed by atoms with Crippen molar-refractivity contribution in [1.82, 2.24) is 9.55 Å². The Kier molecular flexibility index (Phi) is 4.82. The van der Waals surface area contributed by atoms with Crippen LogP contribution in [-0.2, 0) is 0 Å². The van der Waals surface area contributed by atoms with Gasteiger partial charge in [-0.1, -0.05) is 84.9 Å². The number of benzene rings is 6. The summed E-state index contributed by atoms with van der Waals surface area (Å²) in [6, 6.07) is 51.8. The maximum absolute atomic E-state index is 3.79. The van der Waals surface area contributed by atoms with Crippen molar-refractivity contribution in [2.24, 2.45) is 0 Å². The second-order valence-corrected chi connectivity index (χ2v) is 9.90. The Balaban J connectivity index is 1.58. The SMILES string of the molecule is c1ccc(N(c2ccccc2)c2cccc3c2c2c4[nH]c5ccccc5c4ccc2n3-c2ccccc2)cc1. The topological polar surface area (TPSA) is 24.0 Å². The van der Waals surface area contributed by atoms with E-state index in [4.69, 9.17) is 0 Å². The van der Waals surface area contributed by atoms with Gasteiger partial charge in [0.2, 0.25) is 0 Å². The zero-order chi connectivity index (χ0) is 25.8. The summed E-state index contributed by atoms with van der Waals surface area (Å²) in [7, 11) is 0. The number of para-hydroxylation sites is 4. The average Bonchev–Trinajstić information content (AvgIpc) is 3.55. The molecule has 2 heterocycles. The molecule has 0 aliphatic heterocycles. The molecule has 0 bridgehead atoms. The highest BCUT2D eigenvalue weighted by Gasteiger charge is 2.23. The zero-order valence-electron chi connectivity index (χ0n) is 21.3. The molecule has 0 amide bonds. The molecule has 0 aliphatic carbocycles.